The first-order valence-electron chi connectivity index (χ1n) is 9.59. The molecule has 6 nitrogen and oxygen atoms in total. The Morgan fingerprint density at radius 3 is 2.82 bits per heavy atom. The number of benzene rings is 1. The van der Waals surface area contributed by atoms with Gasteiger partial charge in [-0.05, 0) is 43.9 Å². The monoisotopic (exact) mass is 402 g/mol. The van der Waals surface area contributed by atoms with Crippen molar-refractivity contribution in [1.82, 2.24) is 4.98 Å². The molecule has 0 spiro atoms. The first-order chi connectivity index (χ1) is 13.4. The number of hydrogen-bond donors (Lipinski definition) is 0. The fourth-order valence-electron chi connectivity index (χ4n) is 2.98. The van der Waals surface area contributed by atoms with Gasteiger partial charge >= 0.3 is 5.97 Å². The molecule has 0 saturated heterocycles. The van der Waals surface area contributed by atoms with Gasteiger partial charge in [-0.15, -0.1) is 11.3 Å². The van der Waals surface area contributed by atoms with Crippen LogP contribution in [-0.2, 0) is 14.3 Å². The summed E-state index contributed by atoms with van der Waals surface area (Å²) in [7, 11) is 0. The van der Waals surface area contributed by atoms with E-state index < -0.39 is 12.1 Å². The number of aromatic nitrogens is 1. The van der Waals surface area contributed by atoms with E-state index in [1.54, 1.807) is 11.3 Å². The molecule has 0 bridgehead atoms. The van der Waals surface area contributed by atoms with E-state index in [4.69, 9.17) is 9.47 Å². The Hall–Kier alpha value is -2.41. The molecule has 1 unspecified atom stereocenters. The number of amides is 1. The number of carbonyl (C=O) groups excluding carboxylic acids is 2. The lowest BCUT2D eigenvalue weighted by molar-refractivity contribution is -0.143. The minimum absolute atomic E-state index is 0.122. The maximum atomic E-state index is 12.9. The standard InChI is InChI=1S/C21H26N2O4S/c1-5-18-21(25)23(11-20(24)26-9-8-13(2)3)17-10-15(6-7-19(17)27-18)16-12-28-14(4)22-16/h6-7,10,12-13,18H,5,8-9,11H2,1-4H3. The van der Waals surface area contributed by atoms with Crippen molar-refractivity contribution >= 4 is 28.9 Å². The minimum Gasteiger partial charge on any atom is -0.478 e. The van der Waals surface area contributed by atoms with Gasteiger partial charge in [-0.3, -0.25) is 14.5 Å². The molecule has 1 amide bonds. The summed E-state index contributed by atoms with van der Waals surface area (Å²) in [4.78, 5) is 31.2. The molecule has 0 fully saturated rings. The van der Waals surface area contributed by atoms with Crippen LogP contribution in [0.3, 0.4) is 0 Å². The molecule has 0 aliphatic carbocycles. The first-order valence-corrected chi connectivity index (χ1v) is 10.5. The third-order valence-electron chi connectivity index (χ3n) is 4.59. The van der Waals surface area contributed by atoms with Gasteiger partial charge in [-0.1, -0.05) is 20.8 Å². The van der Waals surface area contributed by atoms with E-state index in [-0.39, 0.29) is 12.5 Å². The number of nitrogens with zero attached hydrogens (tertiary/aromatic N) is 2. The van der Waals surface area contributed by atoms with Crippen LogP contribution in [0.2, 0.25) is 0 Å². The summed E-state index contributed by atoms with van der Waals surface area (Å²) in [5.41, 5.74) is 2.31. The van der Waals surface area contributed by atoms with E-state index in [2.05, 4.69) is 18.8 Å². The van der Waals surface area contributed by atoms with Gasteiger partial charge in [-0.2, -0.15) is 0 Å². The summed E-state index contributed by atoms with van der Waals surface area (Å²) < 4.78 is 11.2. The van der Waals surface area contributed by atoms with E-state index in [0.29, 0.717) is 30.4 Å². The van der Waals surface area contributed by atoms with Gasteiger partial charge in [0.05, 0.1) is 23.0 Å². The zero-order valence-electron chi connectivity index (χ0n) is 16.7. The second-order valence-electron chi connectivity index (χ2n) is 7.28. The van der Waals surface area contributed by atoms with Gasteiger partial charge in [0, 0.05) is 10.9 Å². The van der Waals surface area contributed by atoms with Crippen molar-refractivity contribution in [3.8, 4) is 17.0 Å². The Morgan fingerprint density at radius 2 is 2.18 bits per heavy atom. The number of fused-ring (bicyclic) bond motifs is 1. The van der Waals surface area contributed by atoms with Crippen LogP contribution in [0, 0.1) is 12.8 Å². The van der Waals surface area contributed by atoms with Crippen molar-refractivity contribution in [3.05, 3.63) is 28.6 Å². The van der Waals surface area contributed by atoms with Crippen molar-refractivity contribution in [2.45, 2.75) is 46.6 Å². The van der Waals surface area contributed by atoms with E-state index in [1.165, 1.54) is 4.90 Å². The Bertz CT molecular complexity index is 862. The molecule has 3 rings (SSSR count). The first kappa shape index (κ1) is 20.3. The van der Waals surface area contributed by atoms with Gasteiger partial charge < -0.3 is 9.47 Å². The van der Waals surface area contributed by atoms with E-state index in [9.17, 15) is 9.59 Å². The van der Waals surface area contributed by atoms with Crippen LogP contribution in [-0.4, -0.2) is 36.1 Å². The molecule has 1 aromatic heterocycles. The highest BCUT2D eigenvalue weighted by atomic mass is 32.1. The zero-order valence-corrected chi connectivity index (χ0v) is 17.5. The molecule has 1 aromatic carbocycles. The Morgan fingerprint density at radius 1 is 1.39 bits per heavy atom. The molecule has 0 N–H and O–H groups in total. The zero-order chi connectivity index (χ0) is 20.3. The molecular weight excluding hydrogens is 376 g/mol. The minimum atomic E-state index is -0.594. The molecule has 2 heterocycles. The number of anilines is 1. The third-order valence-corrected chi connectivity index (χ3v) is 5.36. The highest BCUT2D eigenvalue weighted by Gasteiger charge is 2.35. The van der Waals surface area contributed by atoms with Crippen molar-refractivity contribution in [1.29, 1.82) is 0 Å². The van der Waals surface area contributed by atoms with Gasteiger partial charge in [0.15, 0.2) is 6.10 Å². The predicted octanol–water partition coefficient (Wildman–Crippen LogP) is 4.21. The number of ether oxygens (including phenoxy) is 2. The summed E-state index contributed by atoms with van der Waals surface area (Å²) in [5, 5.41) is 2.94. The molecular formula is C21H26N2O4S. The van der Waals surface area contributed by atoms with Gasteiger partial charge in [0.25, 0.3) is 5.91 Å². The molecule has 1 aliphatic heterocycles. The Kier molecular flexibility index (Phi) is 6.34. The van der Waals surface area contributed by atoms with Crippen LogP contribution in [0.5, 0.6) is 5.75 Å². The maximum absolute atomic E-state index is 12.9. The van der Waals surface area contributed by atoms with Crippen molar-refractivity contribution in [2.24, 2.45) is 5.92 Å². The lowest BCUT2D eigenvalue weighted by atomic mass is 10.1. The van der Waals surface area contributed by atoms with Crippen molar-refractivity contribution in [2.75, 3.05) is 18.1 Å². The maximum Gasteiger partial charge on any atom is 0.326 e. The quantitative estimate of drug-likeness (QED) is 0.649. The third kappa shape index (κ3) is 4.52. The van der Waals surface area contributed by atoms with Gasteiger partial charge in [-0.25, -0.2) is 4.98 Å². The lowest BCUT2D eigenvalue weighted by Gasteiger charge is -2.33. The van der Waals surface area contributed by atoms with Gasteiger partial charge in [0.2, 0.25) is 0 Å². The van der Waals surface area contributed by atoms with Crippen LogP contribution in [0.4, 0.5) is 5.69 Å². The lowest BCUT2D eigenvalue weighted by Crippen LogP contribution is -2.48. The summed E-state index contributed by atoms with van der Waals surface area (Å²) in [6.07, 6.45) is 0.734. The number of hydrogen-bond acceptors (Lipinski definition) is 6. The second-order valence-corrected chi connectivity index (χ2v) is 8.34. The van der Waals surface area contributed by atoms with E-state index in [1.807, 2.05) is 37.4 Å². The van der Waals surface area contributed by atoms with Crippen LogP contribution in [0.1, 0.15) is 38.6 Å². The average Bonchev–Trinajstić information content (AvgIpc) is 3.09. The summed E-state index contributed by atoms with van der Waals surface area (Å²) in [5.74, 6) is 0.415. The predicted molar refractivity (Wildman–Crippen MR) is 110 cm³/mol. The Labute approximate surface area is 169 Å². The number of carbonyl (C=O) groups is 2. The summed E-state index contributed by atoms with van der Waals surface area (Å²) in [6.45, 7) is 8.22. The number of aryl methyl sites for hydroxylation is 1. The fourth-order valence-corrected chi connectivity index (χ4v) is 3.61. The van der Waals surface area contributed by atoms with Crippen LogP contribution in [0.25, 0.3) is 11.3 Å². The van der Waals surface area contributed by atoms with Gasteiger partial charge in [0.1, 0.15) is 12.3 Å². The highest BCUT2D eigenvalue weighted by molar-refractivity contribution is 7.09. The number of esters is 1. The molecule has 150 valence electrons. The molecule has 1 aliphatic rings. The average molecular weight is 403 g/mol. The molecule has 0 radical (unpaired) electrons. The van der Waals surface area contributed by atoms with Crippen molar-refractivity contribution in [3.63, 3.8) is 0 Å². The number of rotatable bonds is 7. The summed E-state index contributed by atoms with van der Waals surface area (Å²) >= 11 is 1.57. The molecule has 28 heavy (non-hydrogen) atoms. The van der Waals surface area contributed by atoms with Crippen LogP contribution in [0.15, 0.2) is 23.6 Å². The normalized spacial score (nSPS) is 16.1. The SMILES string of the molecule is CCC1Oc2ccc(-c3csc(C)n3)cc2N(CC(=O)OCCC(C)C)C1=O. The largest absolute Gasteiger partial charge is 0.478 e. The fraction of sp³-hybridized carbons (Fsp3) is 0.476. The van der Waals surface area contributed by atoms with E-state index in [0.717, 1.165) is 22.7 Å². The van der Waals surface area contributed by atoms with Crippen LogP contribution >= 0.6 is 11.3 Å². The van der Waals surface area contributed by atoms with E-state index >= 15 is 0 Å². The molecule has 1 atom stereocenters. The second kappa shape index (κ2) is 8.73. The highest BCUT2D eigenvalue weighted by Crippen LogP contribution is 2.38. The topological polar surface area (TPSA) is 68.7 Å². The Balaban J connectivity index is 1.86. The number of thiazole rings is 1. The molecule has 2 aromatic rings. The molecule has 7 heteroatoms. The van der Waals surface area contributed by atoms with Crippen molar-refractivity contribution < 1.29 is 19.1 Å². The van der Waals surface area contributed by atoms with Crippen LogP contribution < -0.4 is 9.64 Å². The summed E-state index contributed by atoms with van der Waals surface area (Å²) in [6, 6.07) is 5.62. The smallest absolute Gasteiger partial charge is 0.326 e. The molecule has 0 saturated carbocycles.